The molecule has 0 bridgehead atoms. The molecule has 12 heteroatoms. The van der Waals surface area contributed by atoms with Crippen molar-refractivity contribution in [1.29, 1.82) is 0 Å². The first kappa shape index (κ1) is 25.9. The molecule has 5 rings (SSSR count). The van der Waals surface area contributed by atoms with E-state index in [0.717, 1.165) is 16.4 Å². The smallest absolute Gasteiger partial charge is 0.323 e. The maximum absolute atomic E-state index is 15.1. The molecule has 38 heavy (non-hydrogen) atoms. The third-order valence-electron chi connectivity index (χ3n) is 6.16. The highest BCUT2D eigenvalue weighted by molar-refractivity contribution is 7.98. The molecule has 10 nitrogen and oxygen atoms in total. The quantitative estimate of drug-likeness (QED) is 0.456. The predicted molar refractivity (Wildman–Crippen MR) is 144 cm³/mol. The van der Waals surface area contributed by atoms with Gasteiger partial charge in [0.15, 0.2) is 5.82 Å². The lowest BCUT2D eigenvalue weighted by Gasteiger charge is -2.29. The van der Waals surface area contributed by atoms with E-state index in [0.29, 0.717) is 45.1 Å². The number of thioether (sulfide) groups is 1. The highest BCUT2D eigenvalue weighted by atomic mass is 32.2. The van der Waals surface area contributed by atoms with E-state index in [-0.39, 0.29) is 29.6 Å². The maximum Gasteiger partial charge on any atom is 0.323 e. The van der Waals surface area contributed by atoms with Crippen molar-refractivity contribution in [2.75, 3.05) is 72.8 Å². The Labute approximate surface area is 223 Å². The van der Waals surface area contributed by atoms with Crippen LogP contribution in [0, 0.1) is 5.82 Å². The molecule has 1 aromatic heterocycles. The molecule has 0 atom stereocenters. The lowest BCUT2D eigenvalue weighted by Crippen LogP contribution is -2.41. The summed E-state index contributed by atoms with van der Waals surface area (Å²) in [6.45, 7) is 3.66. The molecule has 0 spiro atoms. The van der Waals surface area contributed by atoms with Gasteiger partial charge in [-0.15, -0.1) is 11.8 Å². The summed E-state index contributed by atoms with van der Waals surface area (Å²) in [5.41, 5.74) is 1.79. The predicted octanol–water partition coefficient (Wildman–Crippen LogP) is 3.85. The van der Waals surface area contributed by atoms with Crippen molar-refractivity contribution >= 4 is 46.6 Å². The molecule has 3 aromatic rings. The second-order valence-electron chi connectivity index (χ2n) is 8.60. The number of hydrogen-bond acceptors (Lipinski definition) is 8. The summed E-state index contributed by atoms with van der Waals surface area (Å²) < 4.78 is 25.7. The molecule has 0 radical (unpaired) electrons. The number of carbonyl (C=O) groups excluding carboxylic acids is 2. The Kier molecular flexibility index (Phi) is 8.01. The van der Waals surface area contributed by atoms with E-state index in [1.165, 1.54) is 17.8 Å². The van der Waals surface area contributed by atoms with Crippen molar-refractivity contribution < 1.29 is 23.5 Å². The number of hydrogen-bond donors (Lipinski definition) is 2. The molecule has 0 aliphatic carbocycles. The number of aromatic nitrogens is 2. The number of halogens is 1. The highest BCUT2D eigenvalue weighted by Gasteiger charge is 2.21. The Balaban J connectivity index is 1.25. The highest BCUT2D eigenvalue weighted by Crippen LogP contribution is 2.31. The van der Waals surface area contributed by atoms with Gasteiger partial charge >= 0.3 is 6.03 Å². The van der Waals surface area contributed by atoms with Crippen LogP contribution in [-0.4, -0.2) is 74.2 Å². The van der Waals surface area contributed by atoms with E-state index in [1.54, 1.807) is 47.5 Å². The molecule has 3 heterocycles. The Morgan fingerprint density at radius 3 is 2.42 bits per heavy atom. The molecule has 2 aromatic carbocycles. The molecule has 2 aliphatic rings. The van der Waals surface area contributed by atoms with Gasteiger partial charge in [-0.05, 0) is 48.7 Å². The van der Waals surface area contributed by atoms with Crippen LogP contribution in [0.4, 0.5) is 32.1 Å². The molecule has 2 saturated heterocycles. The minimum atomic E-state index is -0.549. The van der Waals surface area contributed by atoms with Crippen molar-refractivity contribution in [1.82, 2.24) is 9.97 Å². The summed E-state index contributed by atoms with van der Waals surface area (Å²) in [5, 5.41) is 5.35. The van der Waals surface area contributed by atoms with Gasteiger partial charge in [0, 0.05) is 42.9 Å². The minimum absolute atomic E-state index is 0.0576. The van der Waals surface area contributed by atoms with Gasteiger partial charge in [0.25, 0.3) is 5.91 Å². The molecule has 2 fully saturated rings. The van der Waals surface area contributed by atoms with E-state index in [9.17, 15) is 9.59 Å². The zero-order chi connectivity index (χ0) is 26.5. The van der Waals surface area contributed by atoms with Crippen LogP contribution < -0.4 is 20.4 Å². The van der Waals surface area contributed by atoms with Crippen molar-refractivity contribution in [3.63, 3.8) is 0 Å². The zero-order valence-corrected chi connectivity index (χ0v) is 21.6. The van der Waals surface area contributed by atoms with E-state index in [4.69, 9.17) is 9.47 Å². The van der Waals surface area contributed by atoms with E-state index >= 15 is 4.39 Å². The third kappa shape index (κ3) is 5.87. The Morgan fingerprint density at radius 2 is 1.71 bits per heavy atom. The molecular weight excluding hydrogens is 511 g/mol. The van der Waals surface area contributed by atoms with Gasteiger partial charge in [0.2, 0.25) is 0 Å². The number of nitrogens with zero attached hydrogens (tertiary/aromatic N) is 4. The summed E-state index contributed by atoms with van der Waals surface area (Å²) >= 11 is 1.54. The molecule has 198 valence electrons. The van der Waals surface area contributed by atoms with E-state index in [1.807, 2.05) is 6.26 Å². The molecule has 2 N–H and O–H groups in total. The number of amides is 3. The van der Waals surface area contributed by atoms with Crippen molar-refractivity contribution in [3.05, 3.63) is 54.5 Å². The Bertz CT molecular complexity index is 1320. The fourth-order valence-electron chi connectivity index (χ4n) is 4.22. The summed E-state index contributed by atoms with van der Waals surface area (Å²) in [6, 6.07) is 10.8. The normalized spacial score (nSPS) is 15.9. The van der Waals surface area contributed by atoms with Crippen LogP contribution in [0.3, 0.4) is 0 Å². The number of anilines is 4. The summed E-state index contributed by atoms with van der Waals surface area (Å²) in [6.07, 6.45) is 3.66. The van der Waals surface area contributed by atoms with Crippen molar-refractivity contribution in [3.8, 4) is 11.4 Å². The largest absolute Gasteiger partial charge is 0.378 e. The van der Waals surface area contributed by atoms with Crippen LogP contribution >= 0.6 is 11.8 Å². The number of ether oxygens (including phenoxy) is 2. The van der Waals surface area contributed by atoms with Gasteiger partial charge in [-0.2, -0.15) is 0 Å². The number of urea groups is 1. The van der Waals surface area contributed by atoms with Gasteiger partial charge in [0.1, 0.15) is 18.2 Å². The average Bonchev–Trinajstić information content (AvgIpc) is 2.94. The molecule has 0 unspecified atom stereocenters. The third-order valence-corrected chi connectivity index (χ3v) is 6.89. The first-order valence-corrected chi connectivity index (χ1v) is 13.3. The molecule has 0 saturated carbocycles. The van der Waals surface area contributed by atoms with Crippen LogP contribution in [-0.2, 0) is 14.3 Å². The van der Waals surface area contributed by atoms with Gasteiger partial charge in [-0.25, -0.2) is 19.2 Å². The van der Waals surface area contributed by atoms with Crippen LogP contribution in [0.2, 0.25) is 0 Å². The number of carbonyl (C=O) groups is 2. The Morgan fingerprint density at radius 1 is 1.00 bits per heavy atom. The number of morpholine rings is 2. The molecule has 3 amide bonds. The lowest BCUT2D eigenvalue weighted by atomic mass is 10.1. The van der Waals surface area contributed by atoms with Crippen LogP contribution in [0.5, 0.6) is 0 Å². The van der Waals surface area contributed by atoms with E-state index < -0.39 is 11.8 Å². The fourth-order valence-corrected chi connectivity index (χ4v) is 4.74. The van der Waals surface area contributed by atoms with Crippen LogP contribution in [0.15, 0.2) is 53.6 Å². The van der Waals surface area contributed by atoms with Gasteiger partial charge in [0.05, 0.1) is 30.3 Å². The summed E-state index contributed by atoms with van der Waals surface area (Å²) in [5.74, 6) is 0.377. The summed E-state index contributed by atoms with van der Waals surface area (Å²) in [4.78, 5) is 38.2. The molecular formula is C26H27FN6O4S. The first-order valence-electron chi connectivity index (χ1n) is 12.1. The van der Waals surface area contributed by atoms with E-state index in [2.05, 4.69) is 25.5 Å². The van der Waals surface area contributed by atoms with Crippen molar-refractivity contribution in [2.24, 2.45) is 0 Å². The van der Waals surface area contributed by atoms with Crippen LogP contribution in [0.25, 0.3) is 11.4 Å². The lowest BCUT2D eigenvalue weighted by molar-refractivity contribution is -0.125. The SMILES string of the molecule is CSc1cnc(-c2ccc(NC(=O)Nc3ccc(N4CCOCC4=O)cc3)cc2F)nc1N1CCOCC1. The van der Waals surface area contributed by atoms with Gasteiger partial charge in [-0.3, -0.25) is 4.79 Å². The fraction of sp³-hybridized carbons (Fsp3) is 0.308. The standard InChI is InChI=1S/C26H27FN6O4S/c1-38-22-15-28-24(31-25(22)32-8-11-36-12-9-32)20-7-4-18(14-21(20)27)30-26(35)29-17-2-5-19(6-3-17)33-10-13-37-16-23(33)34/h2-7,14-15H,8-13,16H2,1H3,(H2,29,30,35). The average molecular weight is 539 g/mol. The maximum atomic E-state index is 15.1. The minimum Gasteiger partial charge on any atom is -0.378 e. The number of nitrogens with one attached hydrogen (secondary N) is 2. The summed E-state index contributed by atoms with van der Waals surface area (Å²) in [7, 11) is 0. The van der Waals surface area contributed by atoms with Crippen LogP contribution in [0.1, 0.15) is 0 Å². The monoisotopic (exact) mass is 538 g/mol. The second-order valence-corrected chi connectivity index (χ2v) is 9.45. The first-order chi connectivity index (χ1) is 18.5. The van der Waals surface area contributed by atoms with Crippen molar-refractivity contribution in [2.45, 2.75) is 4.90 Å². The second kappa shape index (κ2) is 11.8. The Hall–Kier alpha value is -3.74. The zero-order valence-electron chi connectivity index (χ0n) is 20.8. The topological polar surface area (TPSA) is 109 Å². The number of benzene rings is 2. The van der Waals surface area contributed by atoms with Gasteiger partial charge < -0.3 is 29.9 Å². The molecule has 2 aliphatic heterocycles. The number of rotatable bonds is 6. The van der Waals surface area contributed by atoms with Gasteiger partial charge in [-0.1, -0.05) is 0 Å².